The summed E-state index contributed by atoms with van der Waals surface area (Å²) in [5, 5.41) is 6.58. The van der Waals surface area contributed by atoms with Crippen LogP contribution in [0.3, 0.4) is 0 Å². The van der Waals surface area contributed by atoms with Gasteiger partial charge in [0.2, 0.25) is 0 Å². The van der Waals surface area contributed by atoms with Crippen molar-refractivity contribution in [2.75, 3.05) is 45.9 Å². The molecule has 0 fully saturated rings. The first-order chi connectivity index (χ1) is 13.8. The van der Waals surface area contributed by atoms with E-state index in [9.17, 15) is 0 Å². The third-order valence-corrected chi connectivity index (χ3v) is 4.17. The second-order valence-electron chi connectivity index (χ2n) is 6.25. The van der Waals surface area contributed by atoms with Crippen molar-refractivity contribution in [2.24, 2.45) is 4.99 Å². The topological polar surface area (TPSA) is 73.3 Å². The predicted octanol–water partition coefficient (Wildman–Crippen LogP) is 3.06. The van der Waals surface area contributed by atoms with Crippen LogP contribution >= 0.6 is 0 Å². The number of benzene rings is 2. The van der Waals surface area contributed by atoms with Crippen LogP contribution in [0.1, 0.15) is 12.0 Å². The van der Waals surface area contributed by atoms with Gasteiger partial charge in [0, 0.05) is 38.9 Å². The molecule has 150 valence electrons. The molecule has 28 heavy (non-hydrogen) atoms. The molecule has 0 aromatic heterocycles. The van der Waals surface area contributed by atoms with Crippen LogP contribution in [0.4, 0.5) is 5.69 Å². The van der Waals surface area contributed by atoms with E-state index in [-0.39, 0.29) is 0 Å². The second-order valence-corrected chi connectivity index (χ2v) is 6.25. The van der Waals surface area contributed by atoms with Crippen molar-refractivity contribution < 1.29 is 18.9 Å². The second kappa shape index (κ2) is 10.4. The van der Waals surface area contributed by atoms with Gasteiger partial charge in [-0.2, -0.15) is 0 Å². The highest BCUT2D eigenvalue weighted by Gasteiger charge is 2.11. The lowest BCUT2D eigenvalue weighted by molar-refractivity contribution is 0.146. The number of aliphatic imine (C=N–C) groups is 1. The average Bonchev–Trinajstić information content (AvgIpc) is 2.97. The summed E-state index contributed by atoms with van der Waals surface area (Å²) in [6.07, 6.45) is 0.886. The first-order valence-corrected chi connectivity index (χ1v) is 9.36. The van der Waals surface area contributed by atoms with Gasteiger partial charge in [0.05, 0.1) is 19.8 Å². The summed E-state index contributed by atoms with van der Waals surface area (Å²) in [4.78, 5) is 4.28. The average molecular weight is 385 g/mol. The van der Waals surface area contributed by atoms with E-state index in [1.54, 1.807) is 14.2 Å². The largest absolute Gasteiger partial charge is 0.491 e. The first kappa shape index (κ1) is 19.8. The third-order valence-electron chi connectivity index (χ3n) is 4.17. The van der Waals surface area contributed by atoms with Gasteiger partial charge in [0.25, 0.3) is 0 Å². The Kier molecular flexibility index (Phi) is 7.37. The van der Waals surface area contributed by atoms with Crippen molar-refractivity contribution in [3.8, 4) is 17.2 Å². The van der Waals surface area contributed by atoms with Gasteiger partial charge < -0.3 is 29.6 Å². The first-order valence-electron chi connectivity index (χ1n) is 9.36. The fraction of sp³-hybridized carbons (Fsp3) is 0.381. The molecule has 0 amide bonds. The third kappa shape index (κ3) is 5.79. The van der Waals surface area contributed by atoms with Gasteiger partial charge in [-0.25, -0.2) is 0 Å². The monoisotopic (exact) mass is 385 g/mol. The van der Waals surface area contributed by atoms with Crippen LogP contribution in [-0.4, -0.2) is 46.5 Å². The lowest BCUT2D eigenvalue weighted by Crippen LogP contribution is -2.30. The Labute approximate surface area is 165 Å². The number of ether oxygens (including phenoxy) is 4. The normalized spacial score (nSPS) is 13.6. The maximum Gasteiger partial charge on any atom is 0.195 e. The standard InChI is InChI=1S/C21H27N3O4/c1-22-21(23-15-16-4-7-18(8-5-16)26-13-12-25-2)24-17-6-9-19-20(14-17)28-11-3-10-27-19/h4-9,14H,3,10-13,15H2,1-2H3,(H2,22,23,24). The van der Waals surface area contributed by atoms with Crippen molar-refractivity contribution >= 4 is 11.6 Å². The highest BCUT2D eigenvalue weighted by molar-refractivity contribution is 5.93. The highest BCUT2D eigenvalue weighted by atomic mass is 16.5. The molecular formula is C21H27N3O4. The Hall–Kier alpha value is -2.93. The number of hydrogen-bond acceptors (Lipinski definition) is 5. The van der Waals surface area contributed by atoms with E-state index in [4.69, 9.17) is 18.9 Å². The molecule has 2 aromatic rings. The van der Waals surface area contributed by atoms with E-state index in [2.05, 4.69) is 15.6 Å². The molecule has 0 atom stereocenters. The minimum absolute atomic E-state index is 0.542. The van der Waals surface area contributed by atoms with Gasteiger partial charge >= 0.3 is 0 Å². The molecule has 2 aromatic carbocycles. The molecule has 0 saturated heterocycles. The SMILES string of the molecule is CN=C(NCc1ccc(OCCOC)cc1)Nc1ccc2c(c1)OCCCO2. The summed E-state index contributed by atoms with van der Waals surface area (Å²) in [5.41, 5.74) is 2.01. The van der Waals surface area contributed by atoms with Crippen LogP contribution in [0.2, 0.25) is 0 Å². The van der Waals surface area contributed by atoms with Gasteiger partial charge in [-0.15, -0.1) is 0 Å². The summed E-state index contributed by atoms with van der Waals surface area (Å²) < 4.78 is 22.0. The van der Waals surface area contributed by atoms with Crippen molar-refractivity contribution in [1.29, 1.82) is 0 Å². The van der Waals surface area contributed by atoms with E-state index in [1.165, 1.54) is 0 Å². The smallest absolute Gasteiger partial charge is 0.195 e. The van der Waals surface area contributed by atoms with Crippen LogP contribution in [0.5, 0.6) is 17.2 Å². The summed E-state index contributed by atoms with van der Waals surface area (Å²) in [7, 11) is 3.40. The number of fused-ring (bicyclic) bond motifs is 1. The molecule has 0 radical (unpaired) electrons. The number of nitrogens with one attached hydrogen (secondary N) is 2. The molecule has 0 aliphatic carbocycles. The van der Waals surface area contributed by atoms with Gasteiger partial charge in [-0.1, -0.05) is 12.1 Å². The van der Waals surface area contributed by atoms with E-state index < -0.39 is 0 Å². The Bertz CT molecular complexity index is 778. The van der Waals surface area contributed by atoms with E-state index in [0.29, 0.717) is 38.9 Å². The molecule has 2 N–H and O–H groups in total. The predicted molar refractivity (Wildman–Crippen MR) is 110 cm³/mol. The lowest BCUT2D eigenvalue weighted by atomic mass is 10.2. The number of hydrogen-bond donors (Lipinski definition) is 2. The summed E-state index contributed by atoms with van der Waals surface area (Å²) >= 11 is 0. The molecule has 1 aliphatic heterocycles. The van der Waals surface area contributed by atoms with Gasteiger partial charge in [-0.05, 0) is 29.8 Å². The van der Waals surface area contributed by atoms with E-state index in [0.717, 1.165) is 34.9 Å². The van der Waals surface area contributed by atoms with Crippen LogP contribution in [-0.2, 0) is 11.3 Å². The number of rotatable bonds is 7. The molecule has 1 aliphatic rings. The Morgan fingerprint density at radius 1 is 1.04 bits per heavy atom. The molecule has 1 heterocycles. The maximum atomic E-state index is 5.73. The Balaban J connectivity index is 1.53. The molecule has 0 spiro atoms. The zero-order valence-corrected chi connectivity index (χ0v) is 16.4. The zero-order chi connectivity index (χ0) is 19.6. The van der Waals surface area contributed by atoms with Crippen LogP contribution in [0.25, 0.3) is 0 Å². The minimum atomic E-state index is 0.542. The zero-order valence-electron chi connectivity index (χ0n) is 16.4. The Morgan fingerprint density at radius 3 is 2.57 bits per heavy atom. The number of methoxy groups -OCH3 is 1. The quantitative estimate of drug-likeness (QED) is 0.434. The molecule has 3 rings (SSSR count). The van der Waals surface area contributed by atoms with Gasteiger partial charge in [-0.3, -0.25) is 4.99 Å². The summed E-state index contributed by atoms with van der Waals surface area (Å²) in [5.74, 6) is 3.03. The minimum Gasteiger partial charge on any atom is -0.491 e. The number of nitrogens with zero attached hydrogens (tertiary/aromatic N) is 1. The van der Waals surface area contributed by atoms with E-state index >= 15 is 0 Å². The fourth-order valence-corrected chi connectivity index (χ4v) is 2.69. The molecule has 0 bridgehead atoms. The number of anilines is 1. The highest BCUT2D eigenvalue weighted by Crippen LogP contribution is 2.32. The number of guanidine groups is 1. The molecule has 0 saturated carbocycles. The van der Waals surface area contributed by atoms with Crippen LogP contribution in [0.15, 0.2) is 47.5 Å². The van der Waals surface area contributed by atoms with Crippen LogP contribution in [0, 0.1) is 0 Å². The fourth-order valence-electron chi connectivity index (χ4n) is 2.69. The summed E-state index contributed by atoms with van der Waals surface area (Å²) in [6.45, 7) is 3.10. The van der Waals surface area contributed by atoms with E-state index in [1.807, 2.05) is 42.5 Å². The van der Waals surface area contributed by atoms with Crippen molar-refractivity contribution in [2.45, 2.75) is 13.0 Å². The van der Waals surface area contributed by atoms with Crippen molar-refractivity contribution in [3.63, 3.8) is 0 Å². The molecular weight excluding hydrogens is 358 g/mol. The Morgan fingerprint density at radius 2 is 1.82 bits per heavy atom. The molecule has 7 nitrogen and oxygen atoms in total. The van der Waals surface area contributed by atoms with Crippen LogP contribution < -0.4 is 24.8 Å². The maximum absolute atomic E-state index is 5.73. The van der Waals surface area contributed by atoms with Gasteiger partial charge in [0.15, 0.2) is 17.5 Å². The van der Waals surface area contributed by atoms with Crippen molar-refractivity contribution in [1.82, 2.24) is 5.32 Å². The molecule has 7 heteroatoms. The van der Waals surface area contributed by atoms with Crippen molar-refractivity contribution in [3.05, 3.63) is 48.0 Å². The van der Waals surface area contributed by atoms with Gasteiger partial charge in [0.1, 0.15) is 12.4 Å². The lowest BCUT2D eigenvalue weighted by Gasteiger charge is -2.14. The summed E-state index contributed by atoms with van der Waals surface area (Å²) in [6, 6.07) is 13.7. The molecule has 0 unspecified atom stereocenters.